The van der Waals surface area contributed by atoms with Crippen molar-refractivity contribution in [1.82, 2.24) is 48.0 Å². The molecular formula is C90H103Cl2F3N12O31. The molecule has 3 fully saturated rings. The van der Waals surface area contributed by atoms with E-state index in [-0.39, 0.29) is 67.4 Å². The third kappa shape index (κ3) is 24.1. The second-order valence-corrected chi connectivity index (χ2v) is 35.0. The minimum absolute atomic E-state index is 0.0568. The Bertz CT molecular complexity index is 5680. The summed E-state index contributed by atoms with van der Waals surface area (Å²) < 4.78 is 99.5. The number of hydroxylamine groups is 1. The van der Waals surface area contributed by atoms with Crippen LogP contribution < -0.4 is 83.7 Å². The summed E-state index contributed by atoms with van der Waals surface area (Å²) in [5.74, 6) is -17.7. The van der Waals surface area contributed by atoms with Gasteiger partial charge in [0.1, 0.15) is 132 Å². The monoisotopic (exact) mass is 1970 g/mol. The molecule has 23 atom stereocenters. The van der Waals surface area contributed by atoms with Crippen LogP contribution in [0.1, 0.15) is 121 Å². The third-order valence-electron chi connectivity index (χ3n) is 23.5. The maximum absolute atomic E-state index is 16.6. The molecule has 0 radical (unpaired) electrons. The molecule has 138 heavy (non-hydrogen) atoms. The molecule has 8 aliphatic rings. The van der Waals surface area contributed by atoms with Gasteiger partial charge in [0.05, 0.1) is 54.5 Å². The zero-order valence-electron chi connectivity index (χ0n) is 74.2. The molecule has 8 aliphatic heterocycles. The highest BCUT2D eigenvalue weighted by Crippen LogP contribution is 2.51. The number of amides is 9. The van der Waals surface area contributed by atoms with E-state index in [1.165, 1.54) is 70.5 Å². The van der Waals surface area contributed by atoms with Gasteiger partial charge in [0.15, 0.2) is 24.1 Å². The number of hydrogen-bond donors (Lipinski definition) is 23. The number of ether oxygens (including phenoxy) is 10. The van der Waals surface area contributed by atoms with Gasteiger partial charge in [-0.1, -0.05) is 73.4 Å². The lowest BCUT2D eigenvalue weighted by atomic mass is 9.86. The Labute approximate surface area is 793 Å². The van der Waals surface area contributed by atoms with Crippen LogP contribution in [0.3, 0.4) is 0 Å². The number of alkyl halides is 3. The predicted molar refractivity (Wildman–Crippen MR) is 472 cm³/mol. The average molecular weight is 1980 g/mol. The van der Waals surface area contributed by atoms with Crippen molar-refractivity contribution in [3.8, 4) is 62.9 Å². The van der Waals surface area contributed by atoms with Crippen molar-refractivity contribution in [3.63, 3.8) is 0 Å². The van der Waals surface area contributed by atoms with E-state index in [1.54, 1.807) is 19.9 Å². The van der Waals surface area contributed by atoms with Gasteiger partial charge in [0, 0.05) is 60.6 Å². The minimum Gasteiger partial charge on any atom is -0.508 e. The number of benzene rings is 7. The number of halogens is 5. The van der Waals surface area contributed by atoms with Crippen LogP contribution in [0.2, 0.25) is 10.0 Å². The van der Waals surface area contributed by atoms with Gasteiger partial charge in [0.25, 0.3) is 11.8 Å². The Morgan fingerprint density at radius 1 is 0.667 bits per heavy atom. The number of aliphatic hydroxyl groups is 8. The van der Waals surface area contributed by atoms with Gasteiger partial charge in [0.2, 0.25) is 53.4 Å². The maximum atomic E-state index is 16.6. The fraction of sp³-hybridized carbons (Fsp3) is 0.433. The summed E-state index contributed by atoms with van der Waals surface area (Å²) in [5, 5.41) is 152. The minimum atomic E-state index is -5.04. The molecule has 43 nitrogen and oxygen atoms in total. The van der Waals surface area contributed by atoms with Crippen molar-refractivity contribution >= 4 is 82.1 Å². The van der Waals surface area contributed by atoms with E-state index >= 15 is 24.0 Å². The summed E-state index contributed by atoms with van der Waals surface area (Å²) in [6, 6.07) is 9.48. The van der Waals surface area contributed by atoms with Gasteiger partial charge in [-0.05, 0) is 152 Å². The second kappa shape index (κ2) is 44.0. The highest BCUT2D eigenvalue weighted by Gasteiger charge is 2.54. The van der Waals surface area contributed by atoms with Crippen LogP contribution in [0.5, 0.6) is 51.7 Å². The summed E-state index contributed by atoms with van der Waals surface area (Å²) >= 11 is 14.6. The Balaban J connectivity index is 0.937. The number of rotatable bonds is 26. The third-order valence-corrected chi connectivity index (χ3v) is 24.0. The standard InChI is InChI=1S/C90H103Cl2F3N12O31/c1-36(2)21-51(98-5)80(121)105-67-69(113)40-14-17-55(49(91)25-40)131-57-27-43-28-58(76(57)136-88-74(118)72(116)77(60(35-108)134-88)137-87-73(117)71(115)70(114)59(133-87)34-99-33-38-9-7-11-44(22-38)100-79(120)42-10-8-12-46(23-42)138-90(93,94)95)132-56-18-15-41(26-50(56)92)75(135-62-32-89(4,97)78(119)37(3)130-62)68-85(126)104-66(86(127)107-129-20-19-128-6)48-29-45(109)30-54(111)63(48)47-24-39(13-16-53(47)110)64(82(123)106-68)103-83(124)65(43)102-81(122)52(31-61(96)112)101-84(67)125/h7-18,22-30,36-37,51-52,59-60,62,64-75,77-78,87-88,98-99,108-111,113-119H,19-21,31-35,97H2,1-6H3,(H2,96,112)(H,100,120)(H,101,125)(H,102,122)(H,103,124)(H,104,126)(H,105,121)(H,106,123)(H,107,127)/t37-,51+,52?,59+,60+,62-,64+,65+,66?,67?,68-,69+,70-,71-,72+,73+,74+,75+,77+,78-,87-,88-,89-/m0/s1. The summed E-state index contributed by atoms with van der Waals surface area (Å²) in [6.45, 7) is 4.49. The topological polar surface area (TPSA) is 650 Å². The van der Waals surface area contributed by atoms with Crippen molar-refractivity contribution in [2.24, 2.45) is 17.4 Å². The van der Waals surface area contributed by atoms with Crippen molar-refractivity contribution < 1.29 is 165 Å². The Morgan fingerprint density at radius 3 is 1.98 bits per heavy atom. The van der Waals surface area contributed by atoms with Crippen LogP contribution >= 0.6 is 23.2 Å². The van der Waals surface area contributed by atoms with Crippen LogP contribution in [-0.4, -0.2) is 266 Å². The molecule has 9 amide bonds. The maximum Gasteiger partial charge on any atom is 0.573 e. The molecule has 25 N–H and O–H groups in total. The number of primary amides is 1. The Hall–Kier alpha value is -12.0. The first-order valence-electron chi connectivity index (χ1n) is 43.2. The van der Waals surface area contributed by atoms with Gasteiger partial charge >= 0.3 is 6.36 Å². The van der Waals surface area contributed by atoms with Crippen molar-refractivity contribution in [3.05, 3.63) is 176 Å². The molecule has 48 heteroatoms. The van der Waals surface area contributed by atoms with Crippen LogP contribution in [0, 0.1) is 5.92 Å². The summed E-state index contributed by atoms with van der Waals surface area (Å²) in [5.41, 5.74) is 10.8. The van der Waals surface area contributed by atoms with E-state index in [9.17, 15) is 88.5 Å². The molecule has 0 saturated carbocycles. The molecule has 3 unspecified atom stereocenters. The predicted octanol–water partition coefficient (Wildman–Crippen LogP) is 1.49. The quantitative estimate of drug-likeness (QED) is 0.0270. The van der Waals surface area contributed by atoms with Crippen LogP contribution in [0.25, 0.3) is 11.1 Å². The molecule has 7 aromatic rings. The van der Waals surface area contributed by atoms with Crippen LogP contribution in [0.15, 0.2) is 127 Å². The number of methoxy groups -OCH3 is 1. The lowest BCUT2D eigenvalue weighted by molar-refractivity contribution is -0.350. The van der Waals surface area contributed by atoms with E-state index in [0.717, 1.165) is 78.9 Å². The number of hydrogen-bond acceptors (Lipinski definition) is 34. The van der Waals surface area contributed by atoms with Crippen LogP contribution in [-0.2, 0) is 78.2 Å². The molecular weight excluding hydrogens is 1870 g/mol. The van der Waals surface area contributed by atoms with Gasteiger partial charge in [-0.3, -0.25) is 48.0 Å². The number of likely N-dealkylation sites (N-methyl/N-ethyl adjacent to an activating group) is 1. The number of carbonyl (C=O) groups is 9. The molecule has 0 aromatic heterocycles. The second-order valence-electron chi connectivity index (χ2n) is 34.2. The normalized spacial score (nSPS) is 28.1. The molecule has 11 bridgehead atoms. The van der Waals surface area contributed by atoms with E-state index < -0.39 is 302 Å². The number of fused-ring (bicyclic) bond motifs is 15. The zero-order valence-corrected chi connectivity index (χ0v) is 75.7. The van der Waals surface area contributed by atoms with E-state index in [2.05, 4.69) is 58.1 Å². The number of phenolic OH excluding ortho intramolecular Hbond substituents is 3. The molecule has 744 valence electrons. The fourth-order valence-electron chi connectivity index (χ4n) is 16.5. The Morgan fingerprint density at radius 2 is 1.32 bits per heavy atom. The van der Waals surface area contributed by atoms with Gasteiger partial charge in [-0.2, -0.15) is 0 Å². The zero-order chi connectivity index (χ0) is 100.0. The number of aliphatic hydroxyl groups excluding tert-OH is 8. The van der Waals surface area contributed by atoms with Crippen molar-refractivity contribution in [2.75, 3.05) is 45.8 Å². The molecule has 8 heterocycles. The fourth-order valence-corrected chi connectivity index (χ4v) is 16.9. The van der Waals surface area contributed by atoms with Gasteiger partial charge in [-0.15, -0.1) is 13.2 Å². The highest BCUT2D eigenvalue weighted by atomic mass is 35.5. The van der Waals surface area contributed by atoms with E-state index in [1.807, 2.05) is 0 Å². The number of aromatic hydroxyl groups is 3. The number of carbonyl (C=O) groups excluding carboxylic acids is 9. The van der Waals surface area contributed by atoms with Gasteiger partial charge < -0.3 is 163 Å². The first-order valence-corrected chi connectivity index (χ1v) is 43.9. The summed E-state index contributed by atoms with van der Waals surface area (Å²) in [7, 11) is 2.77. The first kappa shape index (κ1) is 103. The number of phenols is 3. The summed E-state index contributed by atoms with van der Waals surface area (Å²) in [6.07, 6.45) is -35.4. The van der Waals surface area contributed by atoms with Gasteiger partial charge in [-0.25, -0.2) is 5.48 Å². The van der Waals surface area contributed by atoms with Crippen LogP contribution in [0.4, 0.5) is 18.9 Å². The Kier molecular flexibility index (Phi) is 33.0. The molecule has 3 saturated heterocycles. The van der Waals surface area contributed by atoms with E-state index in [0.29, 0.717) is 5.56 Å². The molecule has 0 aliphatic carbocycles. The lowest BCUT2D eigenvalue weighted by Gasteiger charge is -2.46. The smallest absolute Gasteiger partial charge is 0.508 e. The first-order chi connectivity index (χ1) is 65.4. The van der Waals surface area contributed by atoms with Crippen molar-refractivity contribution in [1.29, 1.82) is 0 Å². The highest BCUT2D eigenvalue weighted by molar-refractivity contribution is 6.32. The number of nitrogens with one attached hydrogen (secondary N) is 10. The van der Waals surface area contributed by atoms with E-state index in [4.69, 9.17) is 82.1 Å². The largest absolute Gasteiger partial charge is 0.573 e. The van der Waals surface area contributed by atoms with Crippen molar-refractivity contribution in [2.45, 2.75) is 200 Å². The molecule has 7 aromatic carbocycles. The molecule has 15 rings (SSSR count). The lowest BCUT2D eigenvalue weighted by Crippen LogP contribution is -2.65. The number of anilines is 1. The SMILES string of the molecule is CN[C@H](CC(C)C)C(=O)NC1C(=O)NC(CC(N)=O)C(=O)N[C@H]2C(=O)N[C@H]3C(=O)N[C@H](C(=O)NC(C(=O)NOCCOC)c4cc(O)cc(O)c4-c4cc3ccc4O)[C@H](O[C@H]3C[C@](C)(N)[C@@H](O)[C@H](C)O3)c3ccc(c(Cl)c3)Oc3cc2cc(c3O[C@@H]2O[C@H](CO)[C@@H](O[C@@H]3O[C@H](CNCc4cccc(NC(=O)c5cccc(OC(F)(F)F)c5)c4)[C@H](O)[C@H](O)[C@H]3O)[C@H](O)[C@H]2O)Oc2ccc(cc2Cl)[C@H]1O. The average Bonchev–Trinajstić information content (AvgIpc) is 0.750. The molecule has 0 spiro atoms. The summed E-state index contributed by atoms with van der Waals surface area (Å²) in [4.78, 5) is 141. The number of nitrogens with two attached hydrogens (primary N) is 2.